The Balaban J connectivity index is 1.71. The predicted octanol–water partition coefficient (Wildman–Crippen LogP) is 2.47. The van der Waals surface area contributed by atoms with Gasteiger partial charge in [0.2, 0.25) is 0 Å². The van der Waals surface area contributed by atoms with E-state index in [1.54, 1.807) is 43.0 Å². The van der Waals surface area contributed by atoms with Gasteiger partial charge >= 0.3 is 0 Å². The number of aromatic amines is 1. The van der Waals surface area contributed by atoms with E-state index in [0.717, 1.165) is 22.0 Å². The first-order valence-corrected chi connectivity index (χ1v) is 7.53. The van der Waals surface area contributed by atoms with Crippen molar-refractivity contribution >= 4 is 22.8 Å². The van der Waals surface area contributed by atoms with Crippen molar-refractivity contribution in [2.75, 3.05) is 17.1 Å². The van der Waals surface area contributed by atoms with Crippen LogP contribution in [0.3, 0.4) is 0 Å². The van der Waals surface area contributed by atoms with Gasteiger partial charge in [-0.3, -0.25) is 14.5 Å². The number of fused-ring (bicyclic) bond motifs is 1. The summed E-state index contributed by atoms with van der Waals surface area (Å²) < 4.78 is 14.6. The standard InChI is InChI=1S/C16H15FN8/c17-10-25(18)13-3-1-2-12(6-13)23-15-16-20-9-14(11-7-21-22-8-11)24(16)5-4-19-15/h1-9H,10,18H2,(H,19,23)(H,21,22). The van der Waals surface area contributed by atoms with E-state index in [1.807, 2.05) is 16.7 Å². The van der Waals surface area contributed by atoms with E-state index in [9.17, 15) is 4.39 Å². The Kier molecular flexibility index (Phi) is 3.75. The number of aromatic nitrogens is 5. The molecule has 0 fully saturated rings. The molecule has 0 saturated heterocycles. The second-order valence-electron chi connectivity index (χ2n) is 5.36. The molecule has 0 amide bonds. The molecule has 0 unspecified atom stereocenters. The van der Waals surface area contributed by atoms with Gasteiger partial charge in [-0.2, -0.15) is 5.10 Å². The van der Waals surface area contributed by atoms with Crippen LogP contribution in [-0.2, 0) is 0 Å². The van der Waals surface area contributed by atoms with Crippen LogP contribution >= 0.6 is 0 Å². The van der Waals surface area contributed by atoms with Crippen molar-refractivity contribution in [3.8, 4) is 11.3 Å². The summed E-state index contributed by atoms with van der Waals surface area (Å²) in [5.74, 6) is 6.18. The highest BCUT2D eigenvalue weighted by molar-refractivity contribution is 5.74. The molecule has 1 aromatic carbocycles. The Morgan fingerprint density at radius 3 is 3.00 bits per heavy atom. The number of hydrogen-bond donors (Lipinski definition) is 3. The van der Waals surface area contributed by atoms with Crippen molar-refractivity contribution in [3.05, 3.63) is 55.2 Å². The maximum Gasteiger partial charge on any atom is 0.180 e. The van der Waals surface area contributed by atoms with E-state index in [0.29, 0.717) is 17.2 Å². The fourth-order valence-electron chi connectivity index (χ4n) is 2.58. The highest BCUT2D eigenvalue weighted by Gasteiger charge is 2.11. The molecular weight excluding hydrogens is 323 g/mol. The van der Waals surface area contributed by atoms with Gasteiger partial charge in [-0.1, -0.05) is 6.07 Å². The lowest BCUT2D eigenvalue weighted by atomic mass is 10.2. The molecule has 0 aliphatic heterocycles. The first-order chi connectivity index (χ1) is 12.3. The van der Waals surface area contributed by atoms with Crippen LogP contribution in [-0.4, -0.2) is 31.4 Å². The molecule has 4 N–H and O–H groups in total. The lowest BCUT2D eigenvalue weighted by Gasteiger charge is -2.15. The van der Waals surface area contributed by atoms with Gasteiger partial charge in [0.05, 0.1) is 23.8 Å². The van der Waals surface area contributed by atoms with Crippen LogP contribution in [0.2, 0.25) is 0 Å². The van der Waals surface area contributed by atoms with Crippen molar-refractivity contribution in [1.29, 1.82) is 0 Å². The highest BCUT2D eigenvalue weighted by Crippen LogP contribution is 2.25. The third-order valence-corrected chi connectivity index (χ3v) is 3.79. The third kappa shape index (κ3) is 2.76. The number of alkyl halides is 1. The largest absolute Gasteiger partial charge is 0.337 e. The molecule has 3 heterocycles. The second kappa shape index (κ2) is 6.21. The fourth-order valence-corrected chi connectivity index (χ4v) is 2.58. The zero-order chi connectivity index (χ0) is 17.2. The molecule has 0 bridgehead atoms. The molecule has 0 atom stereocenters. The Hall–Kier alpha value is -3.46. The predicted molar refractivity (Wildman–Crippen MR) is 92.9 cm³/mol. The number of imidazole rings is 1. The summed E-state index contributed by atoms with van der Waals surface area (Å²) in [6.07, 6.45) is 8.80. The summed E-state index contributed by atoms with van der Waals surface area (Å²) in [7, 11) is 0. The van der Waals surface area contributed by atoms with Crippen molar-refractivity contribution in [2.24, 2.45) is 5.84 Å². The summed E-state index contributed by atoms with van der Waals surface area (Å²) >= 11 is 0. The number of rotatable bonds is 5. The Morgan fingerprint density at radius 2 is 2.20 bits per heavy atom. The zero-order valence-electron chi connectivity index (χ0n) is 13.1. The lowest BCUT2D eigenvalue weighted by molar-refractivity contribution is 0.479. The summed E-state index contributed by atoms with van der Waals surface area (Å²) in [4.78, 5) is 8.80. The molecule has 0 radical (unpaired) electrons. The van der Waals surface area contributed by atoms with Crippen LogP contribution in [0.25, 0.3) is 16.9 Å². The molecule has 4 rings (SSSR count). The van der Waals surface area contributed by atoms with Crippen molar-refractivity contribution in [2.45, 2.75) is 0 Å². The van der Waals surface area contributed by atoms with Crippen LogP contribution < -0.4 is 16.2 Å². The number of hydrazine groups is 1. The topological polar surface area (TPSA) is 100 Å². The molecule has 0 saturated carbocycles. The first kappa shape index (κ1) is 15.1. The number of H-pyrrole nitrogens is 1. The number of nitrogens with zero attached hydrogens (tertiary/aromatic N) is 5. The van der Waals surface area contributed by atoms with Gasteiger partial charge in [-0.05, 0) is 18.2 Å². The van der Waals surface area contributed by atoms with E-state index < -0.39 is 6.80 Å². The summed E-state index contributed by atoms with van der Waals surface area (Å²) in [5.41, 5.74) is 3.78. The fraction of sp³-hybridized carbons (Fsp3) is 0.0625. The number of nitrogens with two attached hydrogens (primary N) is 1. The number of anilines is 3. The summed E-state index contributed by atoms with van der Waals surface area (Å²) in [6, 6.07) is 7.10. The molecule has 9 heteroatoms. The number of halogens is 1. The van der Waals surface area contributed by atoms with Crippen molar-refractivity contribution in [3.63, 3.8) is 0 Å². The van der Waals surface area contributed by atoms with Gasteiger partial charge in [0.1, 0.15) is 0 Å². The van der Waals surface area contributed by atoms with Crippen molar-refractivity contribution < 1.29 is 4.39 Å². The number of benzene rings is 1. The third-order valence-electron chi connectivity index (χ3n) is 3.79. The van der Waals surface area contributed by atoms with Gasteiger partial charge in [0.15, 0.2) is 18.3 Å². The normalized spacial score (nSPS) is 11.0. The average Bonchev–Trinajstić information content (AvgIpc) is 3.31. The molecule has 126 valence electrons. The van der Waals surface area contributed by atoms with Crippen LogP contribution in [0, 0.1) is 0 Å². The zero-order valence-corrected chi connectivity index (χ0v) is 13.1. The number of nitrogens with one attached hydrogen (secondary N) is 2. The highest BCUT2D eigenvalue weighted by atomic mass is 19.1. The van der Waals surface area contributed by atoms with E-state index in [2.05, 4.69) is 25.5 Å². The SMILES string of the molecule is NN(CF)c1cccc(Nc2nccn3c(-c4cn[nH]c4)cnc23)c1. The molecule has 0 spiro atoms. The quantitative estimate of drug-likeness (QED) is 0.294. The maximum absolute atomic E-state index is 12.7. The maximum atomic E-state index is 12.7. The van der Waals surface area contributed by atoms with E-state index in [1.165, 1.54) is 0 Å². The van der Waals surface area contributed by atoms with Gasteiger partial charge in [0, 0.05) is 29.8 Å². The minimum absolute atomic E-state index is 0.557. The van der Waals surface area contributed by atoms with Gasteiger partial charge in [-0.25, -0.2) is 20.2 Å². The first-order valence-electron chi connectivity index (χ1n) is 7.53. The van der Waals surface area contributed by atoms with Gasteiger partial charge in [-0.15, -0.1) is 0 Å². The molecule has 0 aliphatic rings. The van der Waals surface area contributed by atoms with Crippen LogP contribution in [0.1, 0.15) is 0 Å². The van der Waals surface area contributed by atoms with Crippen LogP contribution in [0.15, 0.2) is 55.2 Å². The Morgan fingerprint density at radius 1 is 1.28 bits per heavy atom. The van der Waals surface area contributed by atoms with Crippen LogP contribution in [0.5, 0.6) is 0 Å². The van der Waals surface area contributed by atoms with E-state index in [4.69, 9.17) is 5.84 Å². The monoisotopic (exact) mass is 338 g/mol. The summed E-state index contributed by atoms with van der Waals surface area (Å²) in [6.45, 7) is -0.772. The van der Waals surface area contributed by atoms with Crippen molar-refractivity contribution in [1.82, 2.24) is 24.6 Å². The molecular formula is C16H15FN8. The van der Waals surface area contributed by atoms with Gasteiger partial charge in [0.25, 0.3) is 0 Å². The summed E-state index contributed by atoms with van der Waals surface area (Å²) in [5, 5.41) is 11.0. The molecule has 0 aliphatic carbocycles. The lowest BCUT2D eigenvalue weighted by Crippen LogP contribution is -2.29. The van der Waals surface area contributed by atoms with Crippen LogP contribution in [0.4, 0.5) is 21.6 Å². The van der Waals surface area contributed by atoms with E-state index in [-0.39, 0.29) is 0 Å². The van der Waals surface area contributed by atoms with Gasteiger partial charge < -0.3 is 5.32 Å². The average molecular weight is 338 g/mol. The second-order valence-corrected chi connectivity index (χ2v) is 5.36. The smallest absolute Gasteiger partial charge is 0.180 e. The number of hydrogen-bond acceptors (Lipinski definition) is 6. The molecule has 3 aromatic heterocycles. The Bertz CT molecular complexity index is 994. The Labute approximate surface area is 142 Å². The minimum atomic E-state index is -0.772. The molecule has 25 heavy (non-hydrogen) atoms. The molecule has 4 aromatic rings. The molecule has 8 nitrogen and oxygen atoms in total. The minimum Gasteiger partial charge on any atom is -0.337 e. The van der Waals surface area contributed by atoms with E-state index >= 15 is 0 Å².